The summed E-state index contributed by atoms with van der Waals surface area (Å²) >= 11 is 0. The Hall–Kier alpha value is -4.85. The minimum atomic E-state index is -1.46. The van der Waals surface area contributed by atoms with Crippen LogP contribution in [0.1, 0.15) is 21.5 Å². The number of carboxylic acid groups (broad SMARTS) is 1. The van der Waals surface area contributed by atoms with Crippen molar-refractivity contribution in [2.75, 3.05) is 0 Å². The van der Waals surface area contributed by atoms with E-state index in [1.165, 1.54) is 0 Å². The van der Waals surface area contributed by atoms with E-state index in [9.17, 15) is 28.3 Å². The molecule has 196 valence electrons. The first-order valence-electron chi connectivity index (χ1n) is 12.3. The van der Waals surface area contributed by atoms with Crippen molar-refractivity contribution < 1.29 is 23.5 Å². The molecule has 0 bridgehead atoms. The third-order valence-electron chi connectivity index (χ3n) is 7.06. The molecule has 1 heterocycles. The lowest BCUT2D eigenvalue weighted by Crippen LogP contribution is -2.43. The van der Waals surface area contributed by atoms with Gasteiger partial charge in [0.05, 0.1) is 11.1 Å². The molecule has 4 aromatic carbocycles. The van der Waals surface area contributed by atoms with Gasteiger partial charge in [-0.25, -0.2) is 13.6 Å². The topological polar surface area (TPSA) is 88.4 Å². The predicted molar refractivity (Wildman–Crippen MR) is 146 cm³/mol. The van der Waals surface area contributed by atoms with E-state index in [1.54, 1.807) is 29.8 Å². The molecule has 0 saturated heterocycles. The number of carboxylic acids is 1. The number of aryl methyl sites for hydroxylation is 2. The fourth-order valence-electron chi connectivity index (χ4n) is 5.10. The molecule has 0 unspecified atom stereocenters. The highest BCUT2D eigenvalue weighted by Crippen LogP contribution is 2.33. The van der Waals surface area contributed by atoms with Crippen LogP contribution < -0.4 is 10.9 Å². The number of rotatable bonds is 6. The number of hydrogen-bond acceptors (Lipinski definition) is 3. The third-order valence-corrected chi connectivity index (χ3v) is 7.06. The van der Waals surface area contributed by atoms with E-state index < -0.39 is 35.1 Å². The predicted octanol–water partition coefficient (Wildman–Crippen LogP) is 5.37. The number of fused-ring (bicyclic) bond motifs is 2. The highest BCUT2D eigenvalue weighted by molar-refractivity contribution is 6.02. The second-order valence-electron chi connectivity index (χ2n) is 9.36. The van der Waals surface area contributed by atoms with Crippen LogP contribution in [0.4, 0.5) is 8.78 Å². The molecule has 0 fully saturated rings. The van der Waals surface area contributed by atoms with Crippen LogP contribution in [0, 0.1) is 18.6 Å². The van der Waals surface area contributed by atoms with Gasteiger partial charge in [0.25, 0.3) is 11.5 Å². The SMILES string of the molecule is Cc1c(-c2ccc(C[C@H](NC(=O)c3c(F)cccc3F)C(=O)O)c3ccccc23)c(=O)n(C)c2ccccc12. The number of pyridine rings is 1. The molecule has 0 spiro atoms. The Labute approximate surface area is 222 Å². The van der Waals surface area contributed by atoms with Crippen molar-refractivity contribution in [3.05, 3.63) is 118 Å². The van der Waals surface area contributed by atoms with E-state index in [1.807, 2.05) is 49.4 Å². The van der Waals surface area contributed by atoms with Crippen molar-refractivity contribution in [2.24, 2.45) is 7.05 Å². The van der Waals surface area contributed by atoms with Gasteiger partial charge in [0, 0.05) is 18.9 Å². The summed E-state index contributed by atoms with van der Waals surface area (Å²) in [7, 11) is 1.72. The monoisotopic (exact) mass is 526 g/mol. The van der Waals surface area contributed by atoms with Gasteiger partial charge < -0.3 is 15.0 Å². The normalized spacial score (nSPS) is 12.0. The second kappa shape index (κ2) is 10.1. The third kappa shape index (κ3) is 4.54. The van der Waals surface area contributed by atoms with Crippen LogP contribution in [0.2, 0.25) is 0 Å². The molecular formula is C31H24F2N2O4. The highest BCUT2D eigenvalue weighted by atomic mass is 19.1. The van der Waals surface area contributed by atoms with Gasteiger partial charge >= 0.3 is 5.97 Å². The quantitative estimate of drug-likeness (QED) is 0.311. The molecule has 0 radical (unpaired) electrons. The van der Waals surface area contributed by atoms with E-state index in [0.29, 0.717) is 22.1 Å². The van der Waals surface area contributed by atoms with Gasteiger partial charge in [-0.15, -0.1) is 0 Å². The zero-order chi connectivity index (χ0) is 27.8. The number of carbonyl (C=O) groups is 2. The summed E-state index contributed by atoms with van der Waals surface area (Å²) in [5.74, 6) is -4.68. The molecule has 5 aromatic rings. The number of aliphatic carboxylic acids is 1. The van der Waals surface area contributed by atoms with E-state index in [4.69, 9.17) is 0 Å². The smallest absolute Gasteiger partial charge is 0.326 e. The molecule has 0 aliphatic carbocycles. The fourth-order valence-corrected chi connectivity index (χ4v) is 5.10. The average Bonchev–Trinajstić information content (AvgIpc) is 2.92. The van der Waals surface area contributed by atoms with Gasteiger partial charge in [-0.3, -0.25) is 9.59 Å². The molecule has 6 nitrogen and oxygen atoms in total. The van der Waals surface area contributed by atoms with Crippen molar-refractivity contribution in [3.63, 3.8) is 0 Å². The number of para-hydroxylation sites is 1. The van der Waals surface area contributed by atoms with Crippen LogP contribution in [0.25, 0.3) is 32.8 Å². The first kappa shape index (κ1) is 25.8. The van der Waals surface area contributed by atoms with Gasteiger partial charge in [0.2, 0.25) is 0 Å². The molecule has 5 rings (SSSR count). The summed E-state index contributed by atoms with van der Waals surface area (Å²) in [4.78, 5) is 38.2. The molecule has 1 amide bonds. The second-order valence-corrected chi connectivity index (χ2v) is 9.36. The molecule has 8 heteroatoms. The number of hydrogen-bond donors (Lipinski definition) is 2. The van der Waals surface area contributed by atoms with E-state index in [2.05, 4.69) is 5.32 Å². The fraction of sp³-hybridized carbons (Fsp3) is 0.129. The number of amides is 1. The number of carbonyl (C=O) groups excluding carboxylic acids is 1. The summed E-state index contributed by atoms with van der Waals surface area (Å²) in [6.45, 7) is 1.90. The van der Waals surface area contributed by atoms with Crippen molar-refractivity contribution in [3.8, 4) is 11.1 Å². The van der Waals surface area contributed by atoms with Crippen LogP contribution in [-0.4, -0.2) is 27.6 Å². The average molecular weight is 527 g/mol. The zero-order valence-electron chi connectivity index (χ0n) is 21.2. The first-order valence-corrected chi connectivity index (χ1v) is 12.3. The summed E-state index contributed by atoms with van der Waals surface area (Å²) < 4.78 is 29.8. The van der Waals surface area contributed by atoms with Crippen molar-refractivity contribution in [1.82, 2.24) is 9.88 Å². The van der Waals surface area contributed by atoms with Crippen molar-refractivity contribution in [1.29, 1.82) is 0 Å². The maximum atomic E-state index is 14.1. The summed E-state index contributed by atoms with van der Waals surface area (Å²) in [5.41, 5.74) is 2.47. The molecule has 2 N–H and O–H groups in total. The van der Waals surface area contributed by atoms with E-state index in [-0.39, 0.29) is 12.0 Å². The molecule has 0 saturated carbocycles. The largest absolute Gasteiger partial charge is 0.480 e. The Kier molecular flexibility index (Phi) is 6.70. The van der Waals surface area contributed by atoms with E-state index >= 15 is 0 Å². The summed E-state index contributed by atoms with van der Waals surface area (Å²) in [6, 6.07) is 19.9. The minimum absolute atomic E-state index is 0.146. The van der Waals surface area contributed by atoms with Crippen LogP contribution >= 0.6 is 0 Å². The van der Waals surface area contributed by atoms with Crippen molar-refractivity contribution in [2.45, 2.75) is 19.4 Å². The molecule has 0 aliphatic heterocycles. The summed E-state index contributed by atoms with van der Waals surface area (Å²) in [6.07, 6.45) is -0.146. The maximum absolute atomic E-state index is 14.1. The number of aromatic nitrogens is 1. The highest BCUT2D eigenvalue weighted by Gasteiger charge is 2.26. The van der Waals surface area contributed by atoms with Gasteiger partial charge in [-0.2, -0.15) is 0 Å². The molecule has 1 atom stereocenters. The Balaban J connectivity index is 1.59. The van der Waals surface area contributed by atoms with Crippen LogP contribution in [-0.2, 0) is 18.3 Å². The molecular weight excluding hydrogens is 502 g/mol. The lowest BCUT2D eigenvalue weighted by molar-refractivity contribution is -0.139. The number of nitrogens with one attached hydrogen (secondary N) is 1. The van der Waals surface area contributed by atoms with Crippen LogP contribution in [0.5, 0.6) is 0 Å². The number of nitrogens with zero attached hydrogens (tertiary/aromatic N) is 1. The molecule has 0 aliphatic rings. The standard InChI is InChI=1S/C31H24F2N2O4/c1-17-19-8-5-6-13-26(19)35(2)30(37)27(17)22-15-14-18(20-9-3-4-10-21(20)22)16-25(31(38)39)34-29(36)28-23(32)11-7-12-24(28)33/h3-15,25H,16H2,1-2H3,(H,34,36)(H,38,39)/t25-/m0/s1. The van der Waals surface area contributed by atoms with E-state index in [0.717, 1.165) is 40.1 Å². The van der Waals surface area contributed by atoms with Gasteiger partial charge in [-0.05, 0) is 52.6 Å². The lowest BCUT2D eigenvalue weighted by Gasteiger charge is -2.19. The number of halogens is 2. The summed E-state index contributed by atoms with van der Waals surface area (Å²) in [5, 5.41) is 14.5. The lowest BCUT2D eigenvalue weighted by atomic mass is 9.90. The Morgan fingerprint density at radius 3 is 2.15 bits per heavy atom. The maximum Gasteiger partial charge on any atom is 0.326 e. The Bertz CT molecular complexity index is 1820. The van der Waals surface area contributed by atoms with Gasteiger partial charge in [-0.1, -0.05) is 60.7 Å². The first-order chi connectivity index (χ1) is 18.7. The van der Waals surface area contributed by atoms with Gasteiger partial charge in [0.15, 0.2) is 0 Å². The van der Waals surface area contributed by atoms with Crippen LogP contribution in [0.3, 0.4) is 0 Å². The minimum Gasteiger partial charge on any atom is -0.480 e. The Morgan fingerprint density at radius 1 is 0.872 bits per heavy atom. The van der Waals surface area contributed by atoms with Crippen LogP contribution in [0.15, 0.2) is 83.7 Å². The Morgan fingerprint density at radius 2 is 1.49 bits per heavy atom. The number of benzene rings is 4. The van der Waals surface area contributed by atoms with Crippen molar-refractivity contribution >= 4 is 33.6 Å². The zero-order valence-corrected chi connectivity index (χ0v) is 21.2. The van der Waals surface area contributed by atoms with Gasteiger partial charge in [0.1, 0.15) is 23.2 Å². The molecule has 39 heavy (non-hydrogen) atoms. The molecule has 1 aromatic heterocycles.